The summed E-state index contributed by atoms with van der Waals surface area (Å²) in [6, 6.07) is 15.4. The zero-order valence-electron chi connectivity index (χ0n) is 21.2. The van der Waals surface area contributed by atoms with Gasteiger partial charge in [-0.25, -0.2) is 13.2 Å². The van der Waals surface area contributed by atoms with Gasteiger partial charge in [-0.1, -0.05) is 44.2 Å². The number of carbonyl (C=O) groups excluding carboxylic acids is 2. The van der Waals surface area contributed by atoms with Crippen molar-refractivity contribution in [1.29, 1.82) is 0 Å². The van der Waals surface area contributed by atoms with Crippen molar-refractivity contribution in [1.82, 2.24) is 5.32 Å². The summed E-state index contributed by atoms with van der Waals surface area (Å²) in [6.07, 6.45) is 0.806. The maximum atomic E-state index is 15.3. The fraction of sp³-hybridized carbons (Fsp3) is 0.267. The molecule has 1 aliphatic heterocycles. The lowest BCUT2D eigenvalue weighted by Gasteiger charge is -2.38. The van der Waals surface area contributed by atoms with Crippen molar-refractivity contribution in [3.8, 4) is 0 Å². The molecule has 0 saturated heterocycles. The van der Waals surface area contributed by atoms with Crippen LogP contribution in [0.3, 0.4) is 0 Å². The van der Waals surface area contributed by atoms with Gasteiger partial charge in [0, 0.05) is 35.9 Å². The van der Waals surface area contributed by atoms with Crippen molar-refractivity contribution < 1.29 is 22.8 Å². The van der Waals surface area contributed by atoms with E-state index in [0.29, 0.717) is 34.6 Å². The van der Waals surface area contributed by atoms with Gasteiger partial charge in [-0.2, -0.15) is 0 Å². The van der Waals surface area contributed by atoms with Gasteiger partial charge in [0.15, 0.2) is 5.78 Å². The predicted octanol–water partition coefficient (Wildman–Crippen LogP) is 6.04. The molecular weight excluding hydrogens is 491 g/mol. The number of para-hydroxylation sites is 2. The van der Waals surface area contributed by atoms with Crippen LogP contribution in [0.4, 0.5) is 24.5 Å². The topological polar surface area (TPSA) is 61.4 Å². The third-order valence-corrected chi connectivity index (χ3v) is 6.98. The Hall–Kier alpha value is -4.07. The number of hydrogen-bond donors (Lipinski definition) is 2. The van der Waals surface area contributed by atoms with Gasteiger partial charge >= 0.3 is 0 Å². The second kappa shape index (κ2) is 10.0. The molecule has 1 atom stereocenters. The molecule has 0 bridgehead atoms. The number of allylic oxidation sites excluding steroid dienone is 1. The van der Waals surface area contributed by atoms with E-state index in [2.05, 4.69) is 10.6 Å². The monoisotopic (exact) mass is 519 g/mol. The Kier molecular flexibility index (Phi) is 6.73. The van der Waals surface area contributed by atoms with Gasteiger partial charge in [-0.05, 0) is 47.7 Å². The van der Waals surface area contributed by atoms with Gasteiger partial charge in [0.05, 0.1) is 24.0 Å². The van der Waals surface area contributed by atoms with Gasteiger partial charge in [-0.3, -0.25) is 9.59 Å². The molecule has 1 amide bonds. The van der Waals surface area contributed by atoms with E-state index in [-0.39, 0.29) is 48.0 Å². The van der Waals surface area contributed by atoms with Crippen LogP contribution < -0.4 is 15.5 Å². The highest BCUT2D eigenvalue weighted by Gasteiger charge is 2.42. The summed E-state index contributed by atoms with van der Waals surface area (Å²) in [5, 5.41) is 6.23. The van der Waals surface area contributed by atoms with Crippen molar-refractivity contribution in [3.63, 3.8) is 0 Å². The van der Waals surface area contributed by atoms with Gasteiger partial charge in [0.25, 0.3) is 0 Å². The second-order valence-electron chi connectivity index (χ2n) is 10.6. The van der Waals surface area contributed by atoms with Gasteiger partial charge in [0.2, 0.25) is 5.91 Å². The normalized spacial score (nSPS) is 18.3. The van der Waals surface area contributed by atoms with Crippen LogP contribution in [0, 0.1) is 22.9 Å². The predicted molar refractivity (Wildman–Crippen MR) is 140 cm³/mol. The molecule has 0 fully saturated rings. The lowest BCUT2D eigenvalue weighted by Crippen LogP contribution is -2.42. The average molecular weight is 520 g/mol. The maximum absolute atomic E-state index is 15.3. The van der Waals surface area contributed by atoms with Crippen molar-refractivity contribution in [3.05, 3.63) is 107 Å². The van der Waals surface area contributed by atoms with E-state index in [1.165, 1.54) is 18.2 Å². The Bertz CT molecular complexity index is 1430. The molecule has 0 spiro atoms. The quantitative estimate of drug-likeness (QED) is 0.432. The van der Waals surface area contributed by atoms with Crippen molar-refractivity contribution in [2.24, 2.45) is 5.41 Å². The number of Topliss-reactive ketones (excluding diaryl/α,β-unsaturated/α-hetero) is 1. The highest BCUT2D eigenvalue weighted by Crippen LogP contribution is 2.48. The van der Waals surface area contributed by atoms with Crippen LogP contribution in [0.25, 0.3) is 0 Å². The van der Waals surface area contributed by atoms with E-state index < -0.39 is 17.7 Å². The third kappa shape index (κ3) is 5.16. The van der Waals surface area contributed by atoms with Crippen LogP contribution in [0.5, 0.6) is 0 Å². The molecule has 5 rings (SSSR count). The van der Waals surface area contributed by atoms with Crippen LogP contribution in [0.15, 0.2) is 78.0 Å². The molecule has 1 aliphatic carbocycles. The Morgan fingerprint density at radius 2 is 1.71 bits per heavy atom. The van der Waals surface area contributed by atoms with Crippen LogP contribution >= 0.6 is 0 Å². The number of hydrogen-bond acceptors (Lipinski definition) is 4. The van der Waals surface area contributed by atoms with Crippen LogP contribution in [0.2, 0.25) is 0 Å². The standard InChI is InChI=1S/C30H28F3N3O2/c1-30(2)14-24-28(26(37)15-30)29(21-12-11-20(32)13-22(21)33)36(25-6-4-3-5-23(25)35-24)17-27(38)34-16-18-7-9-19(31)10-8-18/h3-13,29,35H,14-17H2,1-2H3,(H,34,38). The van der Waals surface area contributed by atoms with Crippen molar-refractivity contribution in [2.45, 2.75) is 39.3 Å². The summed E-state index contributed by atoms with van der Waals surface area (Å²) < 4.78 is 42.5. The number of carbonyl (C=O) groups is 2. The van der Waals surface area contributed by atoms with E-state index in [4.69, 9.17) is 0 Å². The average Bonchev–Trinajstić information content (AvgIpc) is 2.97. The SMILES string of the molecule is CC1(C)CC(=O)C2=C(C1)Nc1ccccc1N(CC(=O)NCc1ccc(F)cc1)C2c1ccc(F)cc1F. The molecule has 0 saturated carbocycles. The summed E-state index contributed by atoms with van der Waals surface area (Å²) in [6.45, 7) is 3.97. The molecule has 3 aromatic carbocycles. The van der Waals surface area contributed by atoms with Gasteiger partial charge in [-0.15, -0.1) is 0 Å². The lowest BCUT2D eigenvalue weighted by molar-refractivity contribution is -0.121. The number of rotatable bonds is 5. The first-order valence-electron chi connectivity index (χ1n) is 12.5. The van der Waals surface area contributed by atoms with E-state index >= 15 is 4.39 Å². The first-order chi connectivity index (χ1) is 18.1. The Labute approximate surface area is 219 Å². The minimum atomic E-state index is -0.957. The van der Waals surface area contributed by atoms with Crippen molar-refractivity contribution in [2.75, 3.05) is 16.8 Å². The molecule has 1 heterocycles. The van der Waals surface area contributed by atoms with E-state index in [9.17, 15) is 18.4 Å². The van der Waals surface area contributed by atoms with Gasteiger partial charge in [0.1, 0.15) is 17.5 Å². The number of amides is 1. The van der Waals surface area contributed by atoms with E-state index in [1.807, 2.05) is 26.0 Å². The number of fused-ring (bicyclic) bond motifs is 1. The van der Waals surface area contributed by atoms with E-state index in [0.717, 1.165) is 12.1 Å². The summed E-state index contributed by atoms with van der Waals surface area (Å²) in [5.41, 5.74) is 2.84. The number of ketones is 1. The molecule has 5 nitrogen and oxygen atoms in total. The molecule has 3 aromatic rings. The van der Waals surface area contributed by atoms with Crippen molar-refractivity contribution >= 4 is 23.1 Å². The minimum Gasteiger partial charge on any atom is -0.357 e. The number of benzene rings is 3. The molecule has 196 valence electrons. The number of halogens is 3. The summed E-state index contributed by atoms with van der Waals surface area (Å²) >= 11 is 0. The molecule has 8 heteroatoms. The third-order valence-electron chi connectivity index (χ3n) is 6.98. The van der Waals surface area contributed by atoms with Crippen LogP contribution in [-0.4, -0.2) is 18.2 Å². The largest absolute Gasteiger partial charge is 0.357 e. The highest BCUT2D eigenvalue weighted by molar-refractivity contribution is 6.01. The summed E-state index contributed by atoms with van der Waals surface area (Å²) in [5.74, 6) is -2.42. The van der Waals surface area contributed by atoms with Crippen LogP contribution in [0.1, 0.15) is 43.9 Å². The molecular formula is C30H28F3N3O2. The molecule has 0 aromatic heterocycles. The fourth-order valence-corrected chi connectivity index (χ4v) is 5.29. The summed E-state index contributed by atoms with van der Waals surface area (Å²) in [4.78, 5) is 28.6. The van der Waals surface area contributed by atoms with E-state index in [1.54, 1.807) is 29.2 Å². The zero-order chi connectivity index (χ0) is 27.0. The number of nitrogens with zero attached hydrogens (tertiary/aromatic N) is 1. The Morgan fingerprint density at radius 1 is 1.00 bits per heavy atom. The molecule has 1 unspecified atom stereocenters. The molecule has 38 heavy (non-hydrogen) atoms. The fourth-order valence-electron chi connectivity index (χ4n) is 5.29. The van der Waals surface area contributed by atoms with Gasteiger partial charge < -0.3 is 15.5 Å². The Morgan fingerprint density at radius 3 is 2.45 bits per heavy atom. The number of nitrogens with one attached hydrogen (secondary N) is 2. The van der Waals surface area contributed by atoms with Crippen LogP contribution in [-0.2, 0) is 16.1 Å². The minimum absolute atomic E-state index is 0.108. The molecule has 0 radical (unpaired) electrons. The Balaban J connectivity index is 1.59. The second-order valence-corrected chi connectivity index (χ2v) is 10.6. The first-order valence-corrected chi connectivity index (χ1v) is 12.5. The highest BCUT2D eigenvalue weighted by atomic mass is 19.1. The smallest absolute Gasteiger partial charge is 0.239 e. The summed E-state index contributed by atoms with van der Waals surface area (Å²) in [7, 11) is 0. The maximum Gasteiger partial charge on any atom is 0.239 e. The number of anilines is 2. The molecule has 2 aliphatic rings. The zero-order valence-corrected chi connectivity index (χ0v) is 21.2. The first kappa shape index (κ1) is 25.6. The lowest BCUT2D eigenvalue weighted by atomic mass is 9.73. The molecule has 2 N–H and O–H groups in total.